The Morgan fingerprint density at radius 1 is 1.18 bits per heavy atom. The number of amides is 2. The zero-order valence-electron chi connectivity index (χ0n) is 15.0. The molecule has 2 amide bonds. The molecule has 6 nitrogen and oxygen atoms in total. The zero-order valence-corrected chi connectivity index (χ0v) is 15.8. The number of aryl methyl sites for hydroxylation is 1. The predicted molar refractivity (Wildman–Crippen MR) is 105 cm³/mol. The Kier molecular flexibility index (Phi) is 6.20. The van der Waals surface area contributed by atoms with Crippen LogP contribution in [0.1, 0.15) is 39.2 Å². The van der Waals surface area contributed by atoms with Gasteiger partial charge in [0.05, 0.1) is 5.56 Å². The second-order valence-electron chi connectivity index (χ2n) is 6.32. The SMILES string of the molecule is NC(=O)c1c(NC(=O)COC(=O)/C=C/c2ccc(F)cc2)sc2c1CCCC2. The minimum absolute atomic E-state index is 0.357. The highest BCUT2D eigenvalue weighted by Gasteiger charge is 2.25. The van der Waals surface area contributed by atoms with Crippen LogP contribution in [-0.2, 0) is 27.2 Å². The topological polar surface area (TPSA) is 98.5 Å². The monoisotopic (exact) mass is 402 g/mol. The first-order valence-corrected chi connectivity index (χ1v) is 9.60. The van der Waals surface area contributed by atoms with Crippen molar-refractivity contribution in [1.82, 2.24) is 0 Å². The van der Waals surface area contributed by atoms with Crippen LogP contribution in [0, 0.1) is 5.82 Å². The van der Waals surface area contributed by atoms with Gasteiger partial charge in [0.1, 0.15) is 10.8 Å². The van der Waals surface area contributed by atoms with Crippen LogP contribution in [0.2, 0.25) is 0 Å². The number of nitrogens with one attached hydrogen (secondary N) is 1. The third-order valence-electron chi connectivity index (χ3n) is 4.30. The summed E-state index contributed by atoms with van der Waals surface area (Å²) in [6.45, 7) is -0.493. The van der Waals surface area contributed by atoms with Gasteiger partial charge in [-0.05, 0) is 55.0 Å². The Morgan fingerprint density at radius 2 is 1.89 bits per heavy atom. The molecule has 0 saturated heterocycles. The summed E-state index contributed by atoms with van der Waals surface area (Å²) >= 11 is 1.34. The maximum atomic E-state index is 12.8. The number of rotatable bonds is 6. The van der Waals surface area contributed by atoms with Gasteiger partial charge in [-0.25, -0.2) is 9.18 Å². The number of benzene rings is 1. The number of esters is 1. The number of fused-ring (bicyclic) bond motifs is 1. The van der Waals surface area contributed by atoms with Crippen molar-refractivity contribution in [2.75, 3.05) is 11.9 Å². The van der Waals surface area contributed by atoms with E-state index >= 15 is 0 Å². The average molecular weight is 402 g/mol. The molecule has 1 aromatic heterocycles. The van der Waals surface area contributed by atoms with E-state index in [1.54, 1.807) is 0 Å². The lowest BCUT2D eigenvalue weighted by molar-refractivity contribution is -0.142. The van der Waals surface area contributed by atoms with E-state index in [4.69, 9.17) is 10.5 Å². The molecule has 0 fully saturated rings. The zero-order chi connectivity index (χ0) is 20.1. The highest BCUT2D eigenvalue weighted by molar-refractivity contribution is 7.17. The molecule has 0 unspecified atom stereocenters. The van der Waals surface area contributed by atoms with Gasteiger partial charge in [-0.1, -0.05) is 12.1 Å². The largest absolute Gasteiger partial charge is 0.452 e. The number of hydrogen-bond acceptors (Lipinski definition) is 5. The van der Waals surface area contributed by atoms with Gasteiger partial charge in [0, 0.05) is 11.0 Å². The average Bonchev–Trinajstić information content (AvgIpc) is 3.03. The molecule has 0 atom stereocenters. The molecule has 0 bridgehead atoms. The van der Waals surface area contributed by atoms with Crippen LogP contribution in [0.15, 0.2) is 30.3 Å². The van der Waals surface area contributed by atoms with Crippen LogP contribution in [0.4, 0.5) is 9.39 Å². The first-order valence-electron chi connectivity index (χ1n) is 8.78. The fraction of sp³-hybridized carbons (Fsp3) is 0.250. The standard InChI is InChI=1S/C20H19FN2O4S/c21-13-8-5-12(6-9-13)7-10-17(25)27-11-16(24)23-20-18(19(22)26)14-3-1-2-4-15(14)28-20/h5-10H,1-4,11H2,(H2,22,26)(H,23,24)/b10-7+. The van der Waals surface area contributed by atoms with Gasteiger partial charge < -0.3 is 15.8 Å². The van der Waals surface area contributed by atoms with Crippen molar-refractivity contribution >= 4 is 40.2 Å². The van der Waals surface area contributed by atoms with Gasteiger partial charge in [-0.3, -0.25) is 9.59 Å². The number of carbonyl (C=O) groups excluding carboxylic acids is 3. The second kappa shape index (κ2) is 8.79. The lowest BCUT2D eigenvalue weighted by atomic mass is 9.95. The normalized spacial score (nSPS) is 13.2. The fourth-order valence-corrected chi connectivity index (χ4v) is 4.31. The highest BCUT2D eigenvalue weighted by atomic mass is 32.1. The van der Waals surface area contributed by atoms with Gasteiger partial charge >= 0.3 is 5.97 Å². The molecule has 146 valence electrons. The summed E-state index contributed by atoms with van der Waals surface area (Å²) in [5.74, 6) is -2.21. The van der Waals surface area contributed by atoms with Crippen molar-refractivity contribution < 1.29 is 23.5 Å². The van der Waals surface area contributed by atoms with Gasteiger partial charge in [0.2, 0.25) is 0 Å². The van der Waals surface area contributed by atoms with E-state index in [1.807, 2.05) is 0 Å². The van der Waals surface area contributed by atoms with Crippen molar-refractivity contribution in [2.45, 2.75) is 25.7 Å². The number of nitrogens with two attached hydrogens (primary N) is 1. The molecular weight excluding hydrogens is 383 g/mol. The molecule has 1 aromatic carbocycles. The number of primary amides is 1. The molecule has 3 N–H and O–H groups in total. The summed E-state index contributed by atoms with van der Waals surface area (Å²) in [4.78, 5) is 36.7. The summed E-state index contributed by atoms with van der Waals surface area (Å²) in [7, 11) is 0. The predicted octanol–water partition coefficient (Wildman–Crippen LogP) is 3.06. The van der Waals surface area contributed by atoms with Crippen LogP contribution in [0.25, 0.3) is 6.08 Å². The van der Waals surface area contributed by atoms with Crippen LogP contribution in [0.5, 0.6) is 0 Å². The van der Waals surface area contributed by atoms with Gasteiger partial charge in [-0.2, -0.15) is 0 Å². The van der Waals surface area contributed by atoms with Gasteiger partial charge in [0.15, 0.2) is 6.61 Å². The highest BCUT2D eigenvalue weighted by Crippen LogP contribution is 2.37. The van der Waals surface area contributed by atoms with E-state index in [9.17, 15) is 18.8 Å². The molecule has 0 spiro atoms. The van der Waals surface area contributed by atoms with E-state index in [0.29, 0.717) is 16.1 Å². The molecule has 0 aliphatic heterocycles. The molecule has 3 rings (SSSR count). The number of thiophene rings is 1. The maximum Gasteiger partial charge on any atom is 0.331 e. The minimum Gasteiger partial charge on any atom is -0.452 e. The second-order valence-corrected chi connectivity index (χ2v) is 7.43. The fourth-order valence-electron chi connectivity index (χ4n) is 3.00. The van der Waals surface area contributed by atoms with E-state index in [2.05, 4.69) is 5.32 Å². The van der Waals surface area contributed by atoms with Crippen LogP contribution < -0.4 is 11.1 Å². The number of carbonyl (C=O) groups is 3. The molecule has 28 heavy (non-hydrogen) atoms. The lowest BCUT2D eigenvalue weighted by Gasteiger charge is -2.11. The molecule has 0 saturated carbocycles. The number of halogens is 1. The molecule has 1 aliphatic carbocycles. The molecule has 1 aliphatic rings. The third kappa shape index (κ3) is 4.83. The molecule has 8 heteroatoms. The Bertz CT molecular complexity index is 934. The quantitative estimate of drug-likeness (QED) is 0.573. The Balaban J connectivity index is 1.57. The van der Waals surface area contributed by atoms with E-state index in [-0.39, 0.29) is 5.82 Å². The number of hydrogen-bond donors (Lipinski definition) is 2. The number of ether oxygens (including phenoxy) is 1. The summed E-state index contributed by atoms with van der Waals surface area (Å²) in [6.07, 6.45) is 6.26. The summed E-state index contributed by atoms with van der Waals surface area (Å²) in [5.41, 5.74) is 7.38. The summed E-state index contributed by atoms with van der Waals surface area (Å²) in [5, 5.41) is 3.03. The van der Waals surface area contributed by atoms with Gasteiger partial charge in [0.25, 0.3) is 11.8 Å². The van der Waals surface area contributed by atoms with Crippen molar-refractivity contribution in [3.8, 4) is 0 Å². The lowest BCUT2D eigenvalue weighted by Crippen LogP contribution is -2.22. The smallest absolute Gasteiger partial charge is 0.331 e. The van der Waals surface area contributed by atoms with Crippen molar-refractivity contribution in [2.24, 2.45) is 5.73 Å². The molecule has 0 radical (unpaired) electrons. The Labute approximate surface area is 165 Å². The third-order valence-corrected chi connectivity index (χ3v) is 5.51. The summed E-state index contributed by atoms with van der Waals surface area (Å²) in [6, 6.07) is 5.57. The van der Waals surface area contributed by atoms with Crippen LogP contribution in [-0.4, -0.2) is 24.4 Å². The van der Waals surface area contributed by atoms with Crippen molar-refractivity contribution in [1.29, 1.82) is 0 Å². The number of anilines is 1. The molecular formula is C20H19FN2O4S. The molecule has 1 heterocycles. The molecule has 2 aromatic rings. The minimum atomic E-state index is -0.708. The van der Waals surface area contributed by atoms with Crippen LogP contribution >= 0.6 is 11.3 Å². The van der Waals surface area contributed by atoms with E-state index in [0.717, 1.165) is 42.2 Å². The van der Waals surface area contributed by atoms with Crippen molar-refractivity contribution in [3.63, 3.8) is 0 Å². The maximum absolute atomic E-state index is 12.8. The first kappa shape index (κ1) is 19.8. The van der Waals surface area contributed by atoms with Crippen molar-refractivity contribution in [3.05, 3.63) is 57.7 Å². The Morgan fingerprint density at radius 3 is 2.61 bits per heavy atom. The van der Waals surface area contributed by atoms with E-state index in [1.165, 1.54) is 41.7 Å². The Hall–Kier alpha value is -3.00. The van der Waals surface area contributed by atoms with Crippen LogP contribution in [0.3, 0.4) is 0 Å². The first-order chi connectivity index (χ1) is 13.4. The summed E-state index contributed by atoms with van der Waals surface area (Å²) < 4.78 is 17.7. The van der Waals surface area contributed by atoms with Gasteiger partial charge in [-0.15, -0.1) is 11.3 Å². The van der Waals surface area contributed by atoms with E-state index < -0.39 is 24.4 Å².